The summed E-state index contributed by atoms with van der Waals surface area (Å²) in [6.45, 7) is 2.80. The Kier molecular flexibility index (Phi) is 5.42. The smallest absolute Gasteiger partial charge is 0.261 e. The Morgan fingerprint density at radius 1 is 1.10 bits per heavy atom. The van der Waals surface area contributed by atoms with E-state index in [1.807, 2.05) is 49.5 Å². The number of amides is 1. The summed E-state index contributed by atoms with van der Waals surface area (Å²) in [4.78, 5) is 32.9. The van der Waals surface area contributed by atoms with Crippen molar-refractivity contribution >= 4 is 27.7 Å². The van der Waals surface area contributed by atoms with Gasteiger partial charge in [-0.1, -0.05) is 37.3 Å². The topological polar surface area (TPSA) is 79.8 Å². The van der Waals surface area contributed by atoms with Crippen LogP contribution in [0.3, 0.4) is 0 Å². The van der Waals surface area contributed by atoms with Crippen molar-refractivity contribution < 1.29 is 4.79 Å². The SMILES string of the molecule is CCc1nc2ccccc2c(=O)n1CCNC(=O)CCc1c[nH]c2ccccc12. The molecular weight excluding hydrogens is 364 g/mol. The Morgan fingerprint density at radius 2 is 1.86 bits per heavy atom. The van der Waals surface area contributed by atoms with E-state index in [9.17, 15) is 9.59 Å². The third kappa shape index (κ3) is 3.92. The molecule has 2 heterocycles. The van der Waals surface area contributed by atoms with Gasteiger partial charge in [-0.2, -0.15) is 0 Å². The molecule has 0 atom stereocenters. The van der Waals surface area contributed by atoms with Crippen molar-refractivity contribution in [3.63, 3.8) is 0 Å². The van der Waals surface area contributed by atoms with Crippen LogP contribution in [0.4, 0.5) is 0 Å². The van der Waals surface area contributed by atoms with Crippen LogP contribution >= 0.6 is 0 Å². The highest BCUT2D eigenvalue weighted by Crippen LogP contribution is 2.18. The molecule has 148 valence electrons. The zero-order valence-corrected chi connectivity index (χ0v) is 16.4. The molecule has 29 heavy (non-hydrogen) atoms. The van der Waals surface area contributed by atoms with E-state index in [-0.39, 0.29) is 11.5 Å². The summed E-state index contributed by atoms with van der Waals surface area (Å²) in [7, 11) is 0. The first-order valence-electron chi connectivity index (χ1n) is 9.97. The van der Waals surface area contributed by atoms with E-state index < -0.39 is 0 Å². The standard InChI is InChI=1S/C23H24N4O2/c1-2-21-26-20-10-6-4-8-18(20)23(29)27(21)14-13-24-22(28)12-11-16-15-25-19-9-5-3-7-17(16)19/h3-10,15,25H,2,11-14H2,1H3,(H,24,28). The molecule has 0 aliphatic carbocycles. The van der Waals surface area contributed by atoms with E-state index in [1.165, 1.54) is 0 Å². The van der Waals surface area contributed by atoms with Gasteiger partial charge in [-0.05, 0) is 30.2 Å². The molecule has 0 aliphatic rings. The molecule has 0 fully saturated rings. The molecule has 4 aromatic rings. The highest BCUT2D eigenvalue weighted by Gasteiger charge is 2.10. The number of fused-ring (bicyclic) bond motifs is 2. The molecular formula is C23H24N4O2. The average Bonchev–Trinajstić information content (AvgIpc) is 3.17. The van der Waals surface area contributed by atoms with E-state index in [0.29, 0.717) is 43.3 Å². The van der Waals surface area contributed by atoms with Crippen molar-refractivity contribution in [1.29, 1.82) is 0 Å². The van der Waals surface area contributed by atoms with Crippen LogP contribution in [0.1, 0.15) is 24.7 Å². The highest BCUT2D eigenvalue weighted by molar-refractivity contribution is 5.84. The fourth-order valence-corrected chi connectivity index (χ4v) is 3.70. The van der Waals surface area contributed by atoms with E-state index in [2.05, 4.69) is 21.4 Å². The minimum absolute atomic E-state index is 0.0184. The number of benzene rings is 2. The highest BCUT2D eigenvalue weighted by atomic mass is 16.1. The predicted molar refractivity (Wildman–Crippen MR) is 115 cm³/mol. The van der Waals surface area contributed by atoms with Crippen molar-refractivity contribution in [3.8, 4) is 0 Å². The molecule has 6 nitrogen and oxygen atoms in total. The van der Waals surface area contributed by atoms with Crippen molar-refractivity contribution in [2.24, 2.45) is 0 Å². The second-order valence-corrected chi connectivity index (χ2v) is 7.06. The first-order chi connectivity index (χ1) is 14.2. The number of aromatic nitrogens is 3. The molecule has 0 spiro atoms. The Labute approximate surface area is 168 Å². The second kappa shape index (κ2) is 8.31. The van der Waals surface area contributed by atoms with Crippen LogP contribution in [0.5, 0.6) is 0 Å². The van der Waals surface area contributed by atoms with Crippen molar-refractivity contribution in [2.75, 3.05) is 6.54 Å². The van der Waals surface area contributed by atoms with Gasteiger partial charge >= 0.3 is 0 Å². The fourth-order valence-electron chi connectivity index (χ4n) is 3.70. The Bertz CT molecular complexity index is 1220. The lowest BCUT2D eigenvalue weighted by Gasteiger charge is -2.13. The van der Waals surface area contributed by atoms with E-state index in [0.717, 1.165) is 22.3 Å². The Balaban J connectivity index is 1.38. The van der Waals surface area contributed by atoms with E-state index in [1.54, 1.807) is 10.6 Å². The summed E-state index contributed by atoms with van der Waals surface area (Å²) in [5.41, 5.74) is 2.88. The number of rotatable bonds is 7. The molecule has 2 aromatic heterocycles. The van der Waals surface area contributed by atoms with Crippen molar-refractivity contribution in [2.45, 2.75) is 32.7 Å². The minimum Gasteiger partial charge on any atom is -0.361 e. The van der Waals surface area contributed by atoms with E-state index in [4.69, 9.17) is 0 Å². The van der Waals surface area contributed by atoms with Crippen LogP contribution < -0.4 is 10.9 Å². The number of nitrogens with one attached hydrogen (secondary N) is 2. The largest absolute Gasteiger partial charge is 0.361 e. The number of carbonyl (C=O) groups is 1. The lowest BCUT2D eigenvalue weighted by atomic mass is 10.1. The average molecular weight is 388 g/mol. The lowest BCUT2D eigenvalue weighted by Crippen LogP contribution is -2.33. The first kappa shape index (κ1) is 18.9. The van der Waals surface area contributed by atoms with E-state index >= 15 is 0 Å². The number of para-hydroxylation sites is 2. The summed E-state index contributed by atoms with van der Waals surface area (Å²) in [5, 5.41) is 4.69. The molecule has 4 rings (SSSR count). The number of hydrogen-bond donors (Lipinski definition) is 2. The number of H-pyrrole nitrogens is 1. The van der Waals surface area contributed by atoms with Gasteiger partial charge in [0.25, 0.3) is 5.56 Å². The summed E-state index contributed by atoms with van der Waals surface area (Å²) < 4.78 is 1.67. The van der Waals surface area contributed by atoms with Gasteiger partial charge in [0.1, 0.15) is 5.82 Å². The van der Waals surface area contributed by atoms with Crippen LogP contribution in [0.25, 0.3) is 21.8 Å². The maximum atomic E-state index is 12.8. The van der Waals surface area contributed by atoms with Crippen LogP contribution in [0.2, 0.25) is 0 Å². The summed E-state index contributed by atoms with van der Waals surface area (Å²) in [5.74, 6) is 0.719. The first-order valence-corrected chi connectivity index (χ1v) is 9.97. The molecule has 0 unspecified atom stereocenters. The second-order valence-electron chi connectivity index (χ2n) is 7.06. The number of aromatic amines is 1. The molecule has 1 amide bonds. The van der Waals surface area contributed by atoms with Gasteiger partial charge in [-0.25, -0.2) is 4.98 Å². The van der Waals surface area contributed by atoms with Crippen molar-refractivity contribution in [1.82, 2.24) is 19.9 Å². The van der Waals surface area contributed by atoms with Gasteiger partial charge < -0.3 is 10.3 Å². The third-order valence-electron chi connectivity index (χ3n) is 5.21. The summed E-state index contributed by atoms with van der Waals surface area (Å²) >= 11 is 0. The molecule has 2 aromatic carbocycles. The molecule has 0 radical (unpaired) electrons. The molecule has 2 N–H and O–H groups in total. The lowest BCUT2D eigenvalue weighted by molar-refractivity contribution is -0.121. The van der Waals surface area contributed by atoms with Crippen LogP contribution in [0, 0.1) is 0 Å². The maximum absolute atomic E-state index is 12.8. The summed E-state index contributed by atoms with van der Waals surface area (Å²) in [6.07, 6.45) is 3.71. The van der Waals surface area contributed by atoms with Gasteiger partial charge in [-0.15, -0.1) is 0 Å². The van der Waals surface area contributed by atoms with Gasteiger partial charge in [0.05, 0.1) is 10.9 Å². The monoisotopic (exact) mass is 388 g/mol. The molecule has 0 saturated heterocycles. The molecule has 0 aliphatic heterocycles. The third-order valence-corrected chi connectivity index (χ3v) is 5.21. The predicted octanol–water partition coefficient (Wildman–Crippen LogP) is 3.19. The zero-order chi connectivity index (χ0) is 20.2. The van der Waals surface area contributed by atoms with Crippen LogP contribution in [0.15, 0.2) is 59.5 Å². The fraction of sp³-hybridized carbons (Fsp3) is 0.261. The Hall–Kier alpha value is -3.41. The number of carbonyl (C=O) groups excluding carboxylic acids is 1. The number of hydrogen-bond acceptors (Lipinski definition) is 3. The zero-order valence-electron chi connectivity index (χ0n) is 16.4. The quantitative estimate of drug-likeness (QED) is 0.510. The van der Waals surface area contributed by atoms with Gasteiger partial charge in [0.15, 0.2) is 0 Å². The van der Waals surface area contributed by atoms with Crippen LogP contribution in [-0.2, 0) is 24.2 Å². The molecule has 0 bridgehead atoms. The minimum atomic E-state index is -0.0551. The van der Waals surface area contributed by atoms with Crippen LogP contribution in [-0.4, -0.2) is 27.0 Å². The van der Waals surface area contributed by atoms with Crippen molar-refractivity contribution in [3.05, 3.63) is 76.5 Å². The van der Waals surface area contributed by atoms with Gasteiger partial charge in [-0.3, -0.25) is 14.2 Å². The van der Waals surface area contributed by atoms with Gasteiger partial charge in [0, 0.05) is 43.0 Å². The summed E-state index contributed by atoms with van der Waals surface area (Å²) in [6, 6.07) is 15.4. The molecule has 6 heteroatoms. The number of aryl methyl sites for hydroxylation is 2. The normalized spacial score (nSPS) is 11.2. The number of nitrogens with zero attached hydrogens (tertiary/aromatic N) is 2. The molecule has 0 saturated carbocycles. The Morgan fingerprint density at radius 3 is 2.69 bits per heavy atom. The van der Waals surface area contributed by atoms with Gasteiger partial charge in [0.2, 0.25) is 5.91 Å². The maximum Gasteiger partial charge on any atom is 0.261 e.